The second-order valence-electron chi connectivity index (χ2n) is 8.91. The van der Waals surface area contributed by atoms with E-state index in [0.29, 0.717) is 29.1 Å². The molecule has 2 aliphatic rings. The van der Waals surface area contributed by atoms with Gasteiger partial charge in [0.1, 0.15) is 17.7 Å². The Morgan fingerprint density at radius 3 is 2.66 bits per heavy atom. The highest BCUT2D eigenvalue weighted by Gasteiger charge is 2.43. The number of rotatable bonds is 4. The fourth-order valence-electron chi connectivity index (χ4n) is 5.33. The monoisotopic (exact) mass is 429 g/mol. The van der Waals surface area contributed by atoms with E-state index in [-0.39, 0.29) is 17.8 Å². The smallest absolute Gasteiger partial charge is 0.242 e. The fraction of sp³-hybridized carbons (Fsp3) is 0.360. The van der Waals surface area contributed by atoms with Crippen LogP contribution in [0, 0.1) is 29.0 Å². The van der Waals surface area contributed by atoms with Crippen LogP contribution in [0.3, 0.4) is 0 Å². The van der Waals surface area contributed by atoms with Gasteiger partial charge in [-0.15, -0.1) is 0 Å². The van der Waals surface area contributed by atoms with Crippen LogP contribution in [-0.2, 0) is 4.79 Å². The van der Waals surface area contributed by atoms with Crippen molar-refractivity contribution >= 4 is 22.6 Å². The maximum absolute atomic E-state index is 13.9. The minimum atomic E-state index is -0.257. The molecule has 0 spiro atoms. The Labute approximate surface area is 186 Å². The first-order valence-corrected chi connectivity index (χ1v) is 11.0. The summed E-state index contributed by atoms with van der Waals surface area (Å²) in [6, 6.07) is 11.9. The summed E-state index contributed by atoms with van der Waals surface area (Å²) in [5, 5.41) is 12.6. The Balaban J connectivity index is 1.23. The van der Waals surface area contributed by atoms with Gasteiger partial charge in [0.2, 0.25) is 5.91 Å². The quantitative estimate of drug-likeness (QED) is 0.675. The minimum Gasteiger partial charge on any atom is -0.309 e. The van der Waals surface area contributed by atoms with Crippen LogP contribution in [0.1, 0.15) is 36.8 Å². The summed E-state index contributed by atoms with van der Waals surface area (Å²) in [6.45, 7) is 3.69. The van der Waals surface area contributed by atoms with Gasteiger partial charge < -0.3 is 5.32 Å². The molecule has 1 amide bonds. The lowest BCUT2D eigenvalue weighted by molar-refractivity contribution is -0.120. The van der Waals surface area contributed by atoms with E-state index < -0.39 is 0 Å². The number of halogens is 1. The van der Waals surface area contributed by atoms with Crippen molar-refractivity contribution in [2.45, 2.75) is 31.7 Å². The first kappa shape index (κ1) is 20.5. The first-order valence-electron chi connectivity index (χ1n) is 11.0. The Bertz CT molecular complexity index is 1190. The summed E-state index contributed by atoms with van der Waals surface area (Å²) in [5.41, 5.74) is 2.49. The number of nitriles is 1. The predicted octanol–water partition coefficient (Wildman–Crippen LogP) is 4.09. The molecule has 3 unspecified atom stereocenters. The molecule has 6 nitrogen and oxygen atoms in total. The van der Waals surface area contributed by atoms with Crippen molar-refractivity contribution in [2.24, 2.45) is 11.8 Å². The van der Waals surface area contributed by atoms with Crippen molar-refractivity contribution in [1.82, 2.24) is 14.9 Å². The Kier molecular flexibility index (Phi) is 5.32. The first-order chi connectivity index (χ1) is 15.5. The van der Waals surface area contributed by atoms with E-state index in [1.165, 1.54) is 17.8 Å². The number of fused-ring (bicyclic) bond motifs is 2. The van der Waals surface area contributed by atoms with Gasteiger partial charge in [0.15, 0.2) is 0 Å². The van der Waals surface area contributed by atoms with Crippen LogP contribution in [-0.4, -0.2) is 39.9 Å². The second-order valence-corrected chi connectivity index (χ2v) is 8.91. The molecule has 1 aromatic carbocycles. The van der Waals surface area contributed by atoms with Gasteiger partial charge in [0.05, 0.1) is 17.1 Å². The molecule has 162 valence electrons. The van der Waals surface area contributed by atoms with Crippen LogP contribution in [0.5, 0.6) is 0 Å². The number of likely N-dealkylation sites (tertiary alicyclic amines) is 1. The molecule has 0 bridgehead atoms. The molecule has 7 heteroatoms. The van der Waals surface area contributed by atoms with Crippen LogP contribution >= 0.6 is 0 Å². The third-order valence-corrected chi connectivity index (χ3v) is 7.03. The summed E-state index contributed by atoms with van der Waals surface area (Å²) in [7, 11) is 0. The summed E-state index contributed by atoms with van der Waals surface area (Å²) in [5.74, 6) is 1.59. The SMILES string of the molecule is CC(C(=O)Nc1ccc(C#N)cn1)N1CC2CC(c3ccnc4ccc(F)cc34)CC2C1. The molecule has 2 aromatic heterocycles. The number of amides is 1. The molecule has 1 N–H and O–H groups in total. The van der Waals surface area contributed by atoms with Crippen molar-refractivity contribution in [3.63, 3.8) is 0 Å². The summed E-state index contributed by atoms with van der Waals surface area (Å²) in [6.07, 6.45) is 5.36. The summed E-state index contributed by atoms with van der Waals surface area (Å²) < 4.78 is 13.9. The highest BCUT2D eigenvalue weighted by atomic mass is 19.1. The van der Waals surface area contributed by atoms with Crippen LogP contribution in [0.25, 0.3) is 10.9 Å². The number of nitrogens with one attached hydrogen (secondary N) is 1. The van der Waals surface area contributed by atoms with Crippen molar-refractivity contribution in [1.29, 1.82) is 5.26 Å². The van der Waals surface area contributed by atoms with Crippen molar-refractivity contribution in [2.75, 3.05) is 18.4 Å². The molecule has 3 aromatic rings. The number of pyridine rings is 2. The molecule has 1 saturated heterocycles. The average Bonchev–Trinajstić information content (AvgIpc) is 3.38. The second kappa shape index (κ2) is 8.29. The van der Waals surface area contributed by atoms with E-state index in [0.717, 1.165) is 36.8 Å². The highest BCUT2D eigenvalue weighted by molar-refractivity contribution is 5.93. The lowest BCUT2D eigenvalue weighted by Crippen LogP contribution is -2.41. The zero-order valence-electron chi connectivity index (χ0n) is 17.8. The lowest BCUT2D eigenvalue weighted by Gasteiger charge is -2.25. The maximum Gasteiger partial charge on any atom is 0.242 e. The number of nitrogens with zero attached hydrogens (tertiary/aromatic N) is 4. The number of aromatic nitrogens is 2. The average molecular weight is 429 g/mol. The molecular formula is C25H24FN5O. The highest BCUT2D eigenvalue weighted by Crippen LogP contribution is 2.47. The fourth-order valence-corrected chi connectivity index (χ4v) is 5.33. The van der Waals surface area contributed by atoms with Crippen molar-refractivity contribution in [3.05, 3.63) is 65.7 Å². The number of hydrogen-bond acceptors (Lipinski definition) is 5. The normalized spacial score (nSPS) is 23.6. The van der Waals surface area contributed by atoms with Gasteiger partial charge in [0.25, 0.3) is 0 Å². The molecule has 0 radical (unpaired) electrons. The van der Waals surface area contributed by atoms with Gasteiger partial charge in [-0.1, -0.05) is 0 Å². The maximum atomic E-state index is 13.9. The third kappa shape index (κ3) is 3.82. The van der Waals surface area contributed by atoms with Gasteiger partial charge in [0, 0.05) is 30.9 Å². The third-order valence-electron chi connectivity index (χ3n) is 7.03. The van der Waals surface area contributed by atoms with Crippen molar-refractivity contribution < 1.29 is 9.18 Å². The van der Waals surface area contributed by atoms with Crippen LogP contribution < -0.4 is 5.32 Å². The van der Waals surface area contributed by atoms with E-state index in [2.05, 4.69) is 20.2 Å². The predicted molar refractivity (Wildman–Crippen MR) is 119 cm³/mol. The van der Waals surface area contributed by atoms with E-state index in [1.54, 1.807) is 24.3 Å². The van der Waals surface area contributed by atoms with Crippen LogP contribution in [0.15, 0.2) is 48.8 Å². The number of anilines is 1. The van der Waals surface area contributed by atoms with Gasteiger partial charge in [-0.2, -0.15) is 5.26 Å². The Morgan fingerprint density at radius 1 is 1.19 bits per heavy atom. The molecule has 1 aliphatic heterocycles. The molecule has 3 atom stereocenters. The van der Waals surface area contributed by atoms with Crippen LogP contribution in [0.2, 0.25) is 0 Å². The zero-order chi connectivity index (χ0) is 22.2. The van der Waals surface area contributed by atoms with E-state index >= 15 is 0 Å². The van der Waals surface area contributed by atoms with E-state index in [9.17, 15) is 9.18 Å². The molecule has 1 aliphatic carbocycles. The van der Waals surface area contributed by atoms with E-state index in [1.807, 2.05) is 25.3 Å². The molecule has 3 heterocycles. The number of carbonyl (C=O) groups is 1. The largest absolute Gasteiger partial charge is 0.309 e. The molecule has 1 saturated carbocycles. The standard InChI is InChI=1S/C25H24FN5O/c1-15(25(32)30-24-5-2-16(11-27)12-29-24)31-13-18-8-17(9-19(18)14-31)21-6-7-28-23-4-3-20(26)10-22(21)23/h2-7,10,12,15,17-19H,8-9,13-14H2,1H3,(H,29,30,32). The van der Waals surface area contributed by atoms with Gasteiger partial charge in [-0.3, -0.25) is 14.7 Å². The topological polar surface area (TPSA) is 81.9 Å². The summed E-state index contributed by atoms with van der Waals surface area (Å²) in [4.78, 5) is 23.5. The number of hydrogen-bond donors (Lipinski definition) is 1. The van der Waals surface area contributed by atoms with Crippen LogP contribution in [0.4, 0.5) is 10.2 Å². The zero-order valence-corrected chi connectivity index (χ0v) is 17.8. The molecule has 5 rings (SSSR count). The van der Waals surface area contributed by atoms with E-state index in [4.69, 9.17) is 5.26 Å². The minimum absolute atomic E-state index is 0.0886. The van der Waals surface area contributed by atoms with Gasteiger partial charge in [-0.05, 0) is 79.5 Å². The molecular weight excluding hydrogens is 405 g/mol. The Hall–Kier alpha value is -3.37. The summed E-state index contributed by atoms with van der Waals surface area (Å²) >= 11 is 0. The van der Waals surface area contributed by atoms with Crippen molar-refractivity contribution in [3.8, 4) is 6.07 Å². The number of benzene rings is 1. The molecule has 32 heavy (non-hydrogen) atoms. The number of carbonyl (C=O) groups excluding carboxylic acids is 1. The Morgan fingerprint density at radius 2 is 1.97 bits per heavy atom. The van der Waals surface area contributed by atoms with Gasteiger partial charge >= 0.3 is 0 Å². The molecule has 2 fully saturated rings. The van der Waals surface area contributed by atoms with Gasteiger partial charge in [-0.25, -0.2) is 9.37 Å². The lowest BCUT2D eigenvalue weighted by atomic mass is 9.93.